The van der Waals surface area contributed by atoms with Crippen molar-refractivity contribution in [2.24, 2.45) is 5.11 Å². The number of halogens is 1. The van der Waals surface area contributed by atoms with Crippen LogP contribution in [0.1, 0.15) is 5.56 Å². The minimum absolute atomic E-state index is 0.195. The highest BCUT2D eigenvalue weighted by Gasteiger charge is 2.00. The molecule has 0 amide bonds. The molecule has 0 aliphatic heterocycles. The standard InChI is InChI=1S/C10H10FN3O/c1-15-10-7-8(4-5-9(10)11)3-2-6-13-14-12/h2-5,7H,6H2,1H3. The van der Waals surface area contributed by atoms with Gasteiger partial charge in [-0.3, -0.25) is 0 Å². The molecule has 1 rings (SSSR count). The molecule has 0 aromatic heterocycles. The smallest absolute Gasteiger partial charge is 0.165 e. The van der Waals surface area contributed by atoms with Crippen molar-refractivity contribution in [1.82, 2.24) is 0 Å². The van der Waals surface area contributed by atoms with E-state index in [1.807, 2.05) is 0 Å². The van der Waals surface area contributed by atoms with Gasteiger partial charge in [0.25, 0.3) is 0 Å². The summed E-state index contributed by atoms with van der Waals surface area (Å²) >= 11 is 0. The molecular weight excluding hydrogens is 197 g/mol. The number of methoxy groups -OCH3 is 1. The van der Waals surface area contributed by atoms with E-state index >= 15 is 0 Å². The summed E-state index contributed by atoms with van der Waals surface area (Å²) in [5.41, 5.74) is 8.83. The summed E-state index contributed by atoms with van der Waals surface area (Å²) in [7, 11) is 1.41. The Kier molecular flexibility index (Phi) is 4.19. The first-order valence-electron chi connectivity index (χ1n) is 4.29. The number of azide groups is 1. The van der Waals surface area contributed by atoms with E-state index in [4.69, 9.17) is 10.3 Å². The predicted molar refractivity (Wildman–Crippen MR) is 56.0 cm³/mol. The zero-order chi connectivity index (χ0) is 11.1. The highest BCUT2D eigenvalue weighted by molar-refractivity contribution is 5.52. The van der Waals surface area contributed by atoms with Gasteiger partial charge in [0.1, 0.15) is 0 Å². The molecule has 1 aromatic rings. The molecule has 0 heterocycles. The highest BCUT2D eigenvalue weighted by Crippen LogP contribution is 2.18. The van der Waals surface area contributed by atoms with Crippen LogP contribution < -0.4 is 4.74 Å². The molecule has 78 valence electrons. The first-order valence-corrected chi connectivity index (χ1v) is 4.29. The third kappa shape index (κ3) is 3.32. The SMILES string of the molecule is COc1cc(C=CCN=[N+]=[N-])ccc1F. The van der Waals surface area contributed by atoms with Crippen molar-refractivity contribution < 1.29 is 9.13 Å². The lowest BCUT2D eigenvalue weighted by atomic mass is 10.2. The summed E-state index contributed by atoms with van der Waals surface area (Å²) in [5.74, 6) is -0.203. The predicted octanol–water partition coefficient (Wildman–Crippen LogP) is 3.16. The summed E-state index contributed by atoms with van der Waals surface area (Å²) in [4.78, 5) is 2.60. The van der Waals surface area contributed by atoms with Crippen LogP contribution in [0.3, 0.4) is 0 Å². The van der Waals surface area contributed by atoms with Crippen molar-refractivity contribution in [1.29, 1.82) is 0 Å². The number of hydrogen-bond acceptors (Lipinski definition) is 2. The molecule has 0 N–H and O–H groups in total. The second kappa shape index (κ2) is 5.67. The fraction of sp³-hybridized carbons (Fsp3) is 0.200. The highest BCUT2D eigenvalue weighted by atomic mass is 19.1. The van der Waals surface area contributed by atoms with Gasteiger partial charge in [0, 0.05) is 11.5 Å². The Labute approximate surface area is 86.6 Å². The third-order valence-corrected chi connectivity index (χ3v) is 1.74. The van der Waals surface area contributed by atoms with Crippen LogP contribution >= 0.6 is 0 Å². The van der Waals surface area contributed by atoms with E-state index in [-0.39, 0.29) is 12.3 Å². The van der Waals surface area contributed by atoms with Gasteiger partial charge in [0.15, 0.2) is 11.6 Å². The van der Waals surface area contributed by atoms with Crippen molar-refractivity contribution in [3.8, 4) is 5.75 Å². The Balaban J connectivity index is 2.78. The van der Waals surface area contributed by atoms with E-state index in [0.717, 1.165) is 5.56 Å². The second-order valence-corrected chi connectivity index (χ2v) is 2.71. The van der Waals surface area contributed by atoms with E-state index in [2.05, 4.69) is 10.0 Å². The Morgan fingerprint density at radius 3 is 3.07 bits per heavy atom. The number of hydrogen-bond donors (Lipinski definition) is 0. The molecular formula is C10H10FN3O. The monoisotopic (exact) mass is 207 g/mol. The lowest BCUT2D eigenvalue weighted by Crippen LogP contribution is -1.88. The van der Waals surface area contributed by atoms with Crippen LogP contribution in [-0.2, 0) is 0 Å². The van der Waals surface area contributed by atoms with E-state index < -0.39 is 5.82 Å². The van der Waals surface area contributed by atoms with Crippen LogP contribution in [-0.4, -0.2) is 13.7 Å². The largest absolute Gasteiger partial charge is 0.494 e. The van der Waals surface area contributed by atoms with Crippen molar-refractivity contribution in [3.63, 3.8) is 0 Å². The minimum atomic E-state index is -0.398. The summed E-state index contributed by atoms with van der Waals surface area (Å²) in [5, 5.41) is 3.34. The molecule has 0 saturated heterocycles. The molecule has 0 fully saturated rings. The normalized spacial score (nSPS) is 10.0. The van der Waals surface area contributed by atoms with Crippen LogP contribution in [0, 0.1) is 5.82 Å². The maximum atomic E-state index is 13.0. The van der Waals surface area contributed by atoms with Gasteiger partial charge >= 0.3 is 0 Å². The minimum Gasteiger partial charge on any atom is -0.494 e. The van der Waals surface area contributed by atoms with E-state index in [1.54, 1.807) is 24.3 Å². The average molecular weight is 207 g/mol. The van der Waals surface area contributed by atoms with Crippen molar-refractivity contribution in [2.75, 3.05) is 13.7 Å². The van der Waals surface area contributed by atoms with Gasteiger partial charge in [-0.1, -0.05) is 23.3 Å². The Morgan fingerprint density at radius 1 is 1.60 bits per heavy atom. The molecule has 0 aliphatic carbocycles. The van der Waals surface area contributed by atoms with E-state index in [1.165, 1.54) is 13.2 Å². The maximum absolute atomic E-state index is 13.0. The van der Waals surface area contributed by atoms with Crippen molar-refractivity contribution >= 4 is 6.08 Å². The Morgan fingerprint density at radius 2 is 2.40 bits per heavy atom. The van der Waals surface area contributed by atoms with Crippen LogP contribution in [0.2, 0.25) is 0 Å². The molecule has 0 radical (unpaired) electrons. The summed E-state index contributed by atoms with van der Waals surface area (Å²) < 4.78 is 17.8. The lowest BCUT2D eigenvalue weighted by molar-refractivity contribution is 0.386. The lowest BCUT2D eigenvalue weighted by Gasteiger charge is -2.01. The van der Waals surface area contributed by atoms with Gasteiger partial charge in [-0.05, 0) is 23.2 Å². The number of nitrogens with zero attached hydrogens (tertiary/aromatic N) is 3. The molecule has 5 heteroatoms. The summed E-state index contributed by atoms with van der Waals surface area (Å²) in [6.07, 6.45) is 3.42. The maximum Gasteiger partial charge on any atom is 0.165 e. The van der Waals surface area contributed by atoms with Gasteiger partial charge in [0.2, 0.25) is 0 Å². The van der Waals surface area contributed by atoms with E-state index in [9.17, 15) is 4.39 Å². The number of ether oxygens (including phenoxy) is 1. The van der Waals surface area contributed by atoms with Gasteiger partial charge in [-0.25, -0.2) is 4.39 Å². The topological polar surface area (TPSA) is 58.0 Å². The molecule has 0 unspecified atom stereocenters. The number of benzene rings is 1. The summed E-state index contributed by atoms with van der Waals surface area (Å²) in [6.45, 7) is 0.274. The molecule has 0 aliphatic rings. The first kappa shape index (κ1) is 11.1. The molecule has 15 heavy (non-hydrogen) atoms. The molecule has 0 spiro atoms. The Bertz CT molecular complexity index is 411. The van der Waals surface area contributed by atoms with Crippen molar-refractivity contribution in [2.45, 2.75) is 0 Å². The third-order valence-electron chi connectivity index (χ3n) is 1.74. The molecule has 0 atom stereocenters. The van der Waals surface area contributed by atoms with Gasteiger partial charge in [0.05, 0.1) is 7.11 Å². The fourth-order valence-electron chi connectivity index (χ4n) is 1.05. The van der Waals surface area contributed by atoms with Crippen molar-refractivity contribution in [3.05, 3.63) is 46.1 Å². The average Bonchev–Trinajstić information content (AvgIpc) is 2.26. The summed E-state index contributed by atoms with van der Waals surface area (Å²) in [6, 6.07) is 4.51. The van der Waals surface area contributed by atoms with Crippen LogP contribution in [0.25, 0.3) is 16.5 Å². The van der Waals surface area contributed by atoms with Gasteiger partial charge in [-0.2, -0.15) is 0 Å². The zero-order valence-electron chi connectivity index (χ0n) is 8.22. The van der Waals surface area contributed by atoms with E-state index in [0.29, 0.717) is 0 Å². The quantitative estimate of drug-likeness (QED) is 0.425. The number of rotatable bonds is 4. The fourth-order valence-corrected chi connectivity index (χ4v) is 1.05. The van der Waals surface area contributed by atoms with Crippen LogP contribution in [0.4, 0.5) is 4.39 Å². The van der Waals surface area contributed by atoms with Gasteiger partial charge < -0.3 is 4.74 Å². The van der Waals surface area contributed by atoms with Gasteiger partial charge in [-0.15, -0.1) is 0 Å². The van der Waals surface area contributed by atoms with Crippen LogP contribution in [0.15, 0.2) is 29.4 Å². The molecule has 0 saturated carbocycles. The second-order valence-electron chi connectivity index (χ2n) is 2.71. The molecule has 0 bridgehead atoms. The Hall–Kier alpha value is -2.00. The molecule has 4 nitrogen and oxygen atoms in total. The van der Waals surface area contributed by atoms with Crippen LogP contribution in [0.5, 0.6) is 5.75 Å². The molecule has 1 aromatic carbocycles. The zero-order valence-corrected chi connectivity index (χ0v) is 8.22. The first-order chi connectivity index (χ1) is 7.27.